The molecule has 0 aliphatic rings. The van der Waals surface area contributed by atoms with Crippen LogP contribution in [-0.4, -0.2) is 19.8 Å². The van der Waals surface area contributed by atoms with Gasteiger partial charge in [-0.05, 0) is 51.6 Å². The molecule has 6 heteroatoms. The summed E-state index contributed by atoms with van der Waals surface area (Å²) < 4.78 is 3.52. The van der Waals surface area contributed by atoms with Crippen LogP contribution in [0.3, 0.4) is 0 Å². The average Bonchev–Trinajstić information content (AvgIpc) is 2.53. The largest absolute Gasteiger partial charge is 0.368 e. The molecule has 1 aromatic heterocycles. The minimum Gasteiger partial charge on any atom is -0.244 e. The predicted molar refractivity (Wildman–Crippen MR) is 64.1 cm³/mol. The van der Waals surface area contributed by atoms with Gasteiger partial charge >= 0.3 is 5.69 Å². The van der Waals surface area contributed by atoms with Gasteiger partial charge in [0.15, 0.2) is 0 Å². The summed E-state index contributed by atoms with van der Waals surface area (Å²) >= 11 is 2.20. The molecule has 0 bridgehead atoms. The van der Waals surface area contributed by atoms with E-state index in [1.54, 1.807) is 7.05 Å². The van der Waals surface area contributed by atoms with Gasteiger partial charge in [0.2, 0.25) is 0 Å². The van der Waals surface area contributed by atoms with Crippen molar-refractivity contribution in [1.29, 1.82) is 0 Å². The first kappa shape index (κ1) is 10.3. The SMILES string of the molecule is Cc1cccc(-n2nnn(C)c2=O)c1I. The number of tetrazole rings is 1. The zero-order chi connectivity index (χ0) is 11.0. The van der Waals surface area contributed by atoms with Crippen molar-refractivity contribution in [2.45, 2.75) is 6.92 Å². The summed E-state index contributed by atoms with van der Waals surface area (Å²) in [7, 11) is 1.58. The Balaban J connectivity index is 2.70. The lowest BCUT2D eigenvalue weighted by Gasteiger charge is -2.04. The number of hydrogen-bond donors (Lipinski definition) is 0. The van der Waals surface area contributed by atoms with Crippen LogP contribution in [0.1, 0.15) is 5.56 Å². The molecule has 5 nitrogen and oxygen atoms in total. The van der Waals surface area contributed by atoms with E-state index in [2.05, 4.69) is 33.0 Å². The minimum atomic E-state index is -0.237. The monoisotopic (exact) mass is 316 g/mol. The number of nitrogens with zero attached hydrogens (tertiary/aromatic N) is 4. The average molecular weight is 316 g/mol. The van der Waals surface area contributed by atoms with E-state index in [1.807, 2.05) is 25.1 Å². The van der Waals surface area contributed by atoms with E-state index in [-0.39, 0.29) is 5.69 Å². The van der Waals surface area contributed by atoms with E-state index in [0.29, 0.717) is 0 Å². The highest BCUT2D eigenvalue weighted by atomic mass is 127. The van der Waals surface area contributed by atoms with Crippen LogP contribution in [0.15, 0.2) is 23.0 Å². The van der Waals surface area contributed by atoms with Crippen LogP contribution >= 0.6 is 22.6 Å². The molecule has 0 aliphatic heterocycles. The Morgan fingerprint density at radius 3 is 2.67 bits per heavy atom. The second-order valence-electron chi connectivity index (χ2n) is 3.20. The molecule has 0 radical (unpaired) electrons. The first-order chi connectivity index (χ1) is 7.11. The van der Waals surface area contributed by atoms with Crippen LogP contribution in [0.5, 0.6) is 0 Å². The zero-order valence-electron chi connectivity index (χ0n) is 8.31. The van der Waals surface area contributed by atoms with Gasteiger partial charge in [-0.15, -0.1) is 0 Å². The Labute approximate surface area is 99.8 Å². The summed E-state index contributed by atoms with van der Waals surface area (Å²) in [6.45, 7) is 1.99. The number of hydrogen-bond acceptors (Lipinski definition) is 3. The molecule has 2 aromatic rings. The normalized spacial score (nSPS) is 10.6. The van der Waals surface area contributed by atoms with Crippen LogP contribution in [0, 0.1) is 10.5 Å². The lowest BCUT2D eigenvalue weighted by atomic mass is 10.2. The Morgan fingerprint density at radius 1 is 1.33 bits per heavy atom. The van der Waals surface area contributed by atoms with Crippen LogP contribution in [0.4, 0.5) is 0 Å². The van der Waals surface area contributed by atoms with Crippen molar-refractivity contribution in [3.05, 3.63) is 37.8 Å². The van der Waals surface area contributed by atoms with Crippen LogP contribution in [0.2, 0.25) is 0 Å². The van der Waals surface area contributed by atoms with Gasteiger partial charge in [-0.1, -0.05) is 12.1 Å². The summed E-state index contributed by atoms with van der Waals surface area (Å²) in [5.41, 5.74) is 1.65. The first-order valence-electron chi connectivity index (χ1n) is 4.36. The van der Waals surface area contributed by atoms with Gasteiger partial charge in [-0.25, -0.2) is 4.79 Å². The lowest BCUT2D eigenvalue weighted by Crippen LogP contribution is -2.22. The second kappa shape index (κ2) is 3.76. The molecule has 2 rings (SSSR count). The van der Waals surface area contributed by atoms with E-state index in [1.165, 1.54) is 9.36 Å². The fourth-order valence-corrected chi connectivity index (χ4v) is 1.85. The quantitative estimate of drug-likeness (QED) is 0.734. The summed E-state index contributed by atoms with van der Waals surface area (Å²) in [5.74, 6) is 0. The highest BCUT2D eigenvalue weighted by molar-refractivity contribution is 14.1. The topological polar surface area (TPSA) is 52.7 Å². The van der Waals surface area contributed by atoms with Crippen molar-refractivity contribution in [3.8, 4) is 5.69 Å². The highest BCUT2D eigenvalue weighted by Gasteiger charge is 2.10. The van der Waals surface area contributed by atoms with E-state index < -0.39 is 0 Å². The fourth-order valence-electron chi connectivity index (χ4n) is 1.26. The molecule has 0 saturated carbocycles. The van der Waals surface area contributed by atoms with Crippen molar-refractivity contribution >= 4 is 22.6 Å². The standard InChI is InChI=1S/C9H9IN4O/c1-6-4-3-5-7(8(6)10)14-9(15)13(2)11-12-14/h3-5H,1-2H3. The third-order valence-corrected chi connectivity index (χ3v) is 3.52. The molecule has 0 atom stereocenters. The molecular weight excluding hydrogens is 307 g/mol. The predicted octanol–water partition coefficient (Wildman–Crippen LogP) is 0.879. The van der Waals surface area contributed by atoms with Gasteiger partial charge in [0, 0.05) is 10.6 Å². The number of rotatable bonds is 1. The minimum absolute atomic E-state index is 0.237. The zero-order valence-corrected chi connectivity index (χ0v) is 10.5. The third-order valence-electron chi connectivity index (χ3n) is 2.12. The smallest absolute Gasteiger partial charge is 0.244 e. The van der Waals surface area contributed by atoms with E-state index in [9.17, 15) is 4.79 Å². The Kier molecular flexibility index (Phi) is 2.59. The second-order valence-corrected chi connectivity index (χ2v) is 4.28. The maximum Gasteiger partial charge on any atom is 0.368 e. The lowest BCUT2D eigenvalue weighted by molar-refractivity contribution is 0.692. The molecule has 78 valence electrons. The van der Waals surface area contributed by atoms with Gasteiger partial charge in [-0.2, -0.15) is 9.36 Å². The third kappa shape index (κ3) is 1.69. The summed E-state index contributed by atoms with van der Waals surface area (Å²) in [5, 5.41) is 7.48. The maximum absolute atomic E-state index is 11.6. The van der Waals surface area contributed by atoms with Crippen LogP contribution in [0.25, 0.3) is 5.69 Å². The Bertz CT molecular complexity index is 557. The summed E-state index contributed by atoms with van der Waals surface area (Å²) in [6.07, 6.45) is 0. The van der Waals surface area contributed by atoms with Crippen molar-refractivity contribution in [3.63, 3.8) is 0 Å². The maximum atomic E-state index is 11.6. The van der Waals surface area contributed by atoms with Crippen LogP contribution in [-0.2, 0) is 7.05 Å². The van der Waals surface area contributed by atoms with Crippen molar-refractivity contribution in [1.82, 2.24) is 19.8 Å². The van der Waals surface area contributed by atoms with Gasteiger partial charge in [0.05, 0.1) is 5.69 Å². The highest BCUT2D eigenvalue weighted by Crippen LogP contribution is 2.18. The number of benzene rings is 1. The van der Waals surface area contributed by atoms with Gasteiger partial charge < -0.3 is 0 Å². The van der Waals surface area contributed by atoms with E-state index in [4.69, 9.17) is 0 Å². The molecule has 1 aromatic carbocycles. The first-order valence-corrected chi connectivity index (χ1v) is 5.43. The number of aromatic nitrogens is 4. The van der Waals surface area contributed by atoms with E-state index >= 15 is 0 Å². The number of aryl methyl sites for hydroxylation is 2. The summed E-state index contributed by atoms with van der Waals surface area (Å²) in [6, 6.07) is 5.74. The molecule has 0 fully saturated rings. The fraction of sp³-hybridized carbons (Fsp3) is 0.222. The summed E-state index contributed by atoms with van der Waals surface area (Å²) in [4.78, 5) is 11.6. The Hall–Kier alpha value is -1.18. The van der Waals surface area contributed by atoms with Crippen molar-refractivity contribution in [2.75, 3.05) is 0 Å². The molecule has 15 heavy (non-hydrogen) atoms. The molecule has 1 heterocycles. The molecular formula is C9H9IN4O. The Morgan fingerprint density at radius 2 is 2.07 bits per heavy atom. The molecule has 0 amide bonds. The molecule has 0 unspecified atom stereocenters. The van der Waals surface area contributed by atoms with E-state index in [0.717, 1.165) is 14.8 Å². The van der Waals surface area contributed by atoms with Crippen molar-refractivity contribution < 1.29 is 0 Å². The van der Waals surface area contributed by atoms with Crippen molar-refractivity contribution in [2.24, 2.45) is 7.05 Å². The van der Waals surface area contributed by atoms with Gasteiger partial charge in [0.1, 0.15) is 0 Å². The molecule has 0 aliphatic carbocycles. The molecule has 0 spiro atoms. The number of halogens is 1. The van der Waals surface area contributed by atoms with Gasteiger partial charge in [0.25, 0.3) is 0 Å². The molecule has 0 saturated heterocycles. The molecule has 0 N–H and O–H groups in total. The van der Waals surface area contributed by atoms with Crippen LogP contribution < -0.4 is 5.69 Å². The van der Waals surface area contributed by atoms with Gasteiger partial charge in [-0.3, -0.25) is 0 Å².